The third-order valence-corrected chi connectivity index (χ3v) is 10.4. The van der Waals surface area contributed by atoms with E-state index in [1.165, 1.54) is 19.2 Å². The van der Waals surface area contributed by atoms with E-state index < -0.39 is 28.5 Å². The molecule has 47 heavy (non-hydrogen) atoms. The fourth-order valence-corrected chi connectivity index (χ4v) is 7.59. The van der Waals surface area contributed by atoms with Crippen LogP contribution in [0.5, 0.6) is 5.75 Å². The van der Waals surface area contributed by atoms with Crippen LogP contribution in [0.25, 0.3) is 0 Å². The monoisotopic (exact) mass is 653 g/mol. The third kappa shape index (κ3) is 8.40. The van der Waals surface area contributed by atoms with Gasteiger partial charge in [0.25, 0.3) is 10.0 Å². The first-order chi connectivity index (χ1) is 22.7. The highest BCUT2D eigenvalue weighted by molar-refractivity contribution is 7.92. The largest absolute Gasteiger partial charge is 0.495 e. The van der Waals surface area contributed by atoms with Crippen LogP contribution in [-0.4, -0.2) is 50.9 Å². The fraction of sp³-hybridized carbons (Fsp3) is 0.316. The van der Waals surface area contributed by atoms with Crippen molar-refractivity contribution in [1.82, 2.24) is 10.2 Å². The Labute approximate surface area is 278 Å². The average molecular weight is 654 g/mol. The van der Waals surface area contributed by atoms with E-state index in [0.717, 1.165) is 52.2 Å². The van der Waals surface area contributed by atoms with Crippen LogP contribution in [-0.2, 0) is 32.6 Å². The van der Waals surface area contributed by atoms with Crippen LogP contribution < -0.4 is 14.4 Å². The summed E-state index contributed by atoms with van der Waals surface area (Å²) in [5, 5.41) is 3.21. The Bertz CT molecular complexity index is 1770. The van der Waals surface area contributed by atoms with Gasteiger partial charge in [0.05, 0.1) is 17.7 Å². The average Bonchev–Trinajstić information content (AvgIpc) is 3.59. The van der Waals surface area contributed by atoms with Crippen molar-refractivity contribution in [3.05, 3.63) is 125 Å². The molecule has 8 nitrogen and oxygen atoms in total. The molecule has 0 aliphatic heterocycles. The van der Waals surface area contributed by atoms with Crippen LogP contribution >= 0.6 is 0 Å². The molecule has 246 valence electrons. The molecule has 1 saturated carbocycles. The second-order valence-electron chi connectivity index (χ2n) is 12.2. The maximum absolute atomic E-state index is 14.8. The SMILES string of the molecule is COc1ccc(C)cc1N(CC(=O)N(Cc1cccc(C)c1)C(Cc1ccccc1)C(=O)NC1CCCC1)S(=O)(=O)c1ccccc1. The molecule has 0 saturated heterocycles. The van der Waals surface area contributed by atoms with Crippen LogP contribution in [0.3, 0.4) is 0 Å². The Morgan fingerprint density at radius 2 is 1.47 bits per heavy atom. The van der Waals surface area contributed by atoms with Gasteiger partial charge >= 0.3 is 0 Å². The van der Waals surface area contributed by atoms with Gasteiger partial charge in [0, 0.05) is 19.0 Å². The summed E-state index contributed by atoms with van der Waals surface area (Å²) in [5.74, 6) is -0.433. The molecule has 5 rings (SSSR count). The van der Waals surface area contributed by atoms with Crippen molar-refractivity contribution in [3.8, 4) is 5.75 Å². The number of carbonyl (C=O) groups excluding carboxylic acids is 2. The number of aryl methyl sites for hydroxylation is 2. The number of rotatable bonds is 13. The van der Waals surface area contributed by atoms with Crippen molar-refractivity contribution in [2.24, 2.45) is 0 Å². The predicted molar refractivity (Wildman–Crippen MR) is 185 cm³/mol. The lowest BCUT2D eigenvalue weighted by Gasteiger charge is -2.34. The normalized spacial score (nSPS) is 13.9. The molecule has 0 heterocycles. The second kappa shape index (κ2) is 15.3. The zero-order valence-electron chi connectivity index (χ0n) is 27.3. The minimum absolute atomic E-state index is 0.0430. The lowest BCUT2D eigenvalue weighted by atomic mass is 10.0. The Hall–Kier alpha value is -4.63. The van der Waals surface area contributed by atoms with Gasteiger partial charge in [-0.05, 0) is 67.6 Å². The molecule has 0 radical (unpaired) electrons. The zero-order valence-corrected chi connectivity index (χ0v) is 28.1. The lowest BCUT2D eigenvalue weighted by molar-refractivity contribution is -0.140. The minimum atomic E-state index is -4.23. The van der Waals surface area contributed by atoms with Crippen LogP contribution in [0.4, 0.5) is 5.69 Å². The number of benzene rings is 4. The van der Waals surface area contributed by atoms with E-state index >= 15 is 0 Å². The van der Waals surface area contributed by atoms with Gasteiger partial charge in [0.2, 0.25) is 11.8 Å². The van der Waals surface area contributed by atoms with Gasteiger partial charge in [-0.15, -0.1) is 0 Å². The molecule has 1 fully saturated rings. The van der Waals surface area contributed by atoms with Gasteiger partial charge in [-0.3, -0.25) is 13.9 Å². The van der Waals surface area contributed by atoms with Gasteiger partial charge in [-0.1, -0.05) is 97.3 Å². The first kappa shape index (κ1) is 33.7. The molecule has 1 unspecified atom stereocenters. The molecule has 1 aliphatic rings. The van der Waals surface area contributed by atoms with E-state index in [0.29, 0.717) is 5.75 Å². The molecule has 0 bridgehead atoms. The number of sulfonamides is 1. The lowest BCUT2D eigenvalue weighted by Crippen LogP contribution is -2.54. The van der Waals surface area contributed by atoms with Crippen molar-refractivity contribution in [1.29, 1.82) is 0 Å². The molecule has 1 aliphatic carbocycles. The predicted octanol–water partition coefficient (Wildman–Crippen LogP) is 6.21. The number of methoxy groups -OCH3 is 1. The summed E-state index contributed by atoms with van der Waals surface area (Å²) in [6.45, 7) is 3.42. The number of anilines is 1. The molecule has 4 aromatic carbocycles. The van der Waals surface area contributed by atoms with Crippen molar-refractivity contribution in [2.75, 3.05) is 18.0 Å². The quantitative estimate of drug-likeness (QED) is 0.185. The number of amides is 2. The van der Waals surface area contributed by atoms with Gasteiger partial charge < -0.3 is 15.0 Å². The zero-order chi connectivity index (χ0) is 33.4. The highest BCUT2D eigenvalue weighted by Crippen LogP contribution is 2.34. The topological polar surface area (TPSA) is 96.0 Å². The van der Waals surface area contributed by atoms with E-state index in [4.69, 9.17) is 4.74 Å². The van der Waals surface area contributed by atoms with Crippen LogP contribution in [0.15, 0.2) is 108 Å². The summed E-state index contributed by atoms with van der Waals surface area (Å²) in [7, 11) is -2.76. The molecule has 9 heteroatoms. The molecule has 2 amide bonds. The summed E-state index contributed by atoms with van der Waals surface area (Å²) in [6, 6.07) is 29.8. The standard InChI is InChI=1S/C38H43N3O5S/c1-28-13-12-16-31(23-28)26-40(35(25-30-14-6-4-7-15-30)38(43)39-32-17-10-11-18-32)37(42)27-41(34-24-29(2)21-22-36(34)46-3)47(44,45)33-19-8-5-9-20-33/h4-9,12-16,19-24,32,35H,10-11,17-18,25-27H2,1-3H3,(H,39,43). The number of hydrogen-bond acceptors (Lipinski definition) is 5. The van der Waals surface area contributed by atoms with E-state index in [-0.39, 0.29) is 35.5 Å². The van der Waals surface area contributed by atoms with Gasteiger partial charge in [0.15, 0.2) is 0 Å². The Morgan fingerprint density at radius 3 is 2.13 bits per heavy atom. The van der Waals surface area contributed by atoms with E-state index in [9.17, 15) is 18.0 Å². The molecular weight excluding hydrogens is 611 g/mol. The first-order valence-electron chi connectivity index (χ1n) is 16.1. The smallest absolute Gasteiger partial charge is 0.264 e. The van der Waals surface area contributed by atoms with Crippen LogP contribution in [0.2, 0.25) is 0 Å². The van der Waals surface area contributed by atoms with Crippen molar-refractivity contribution < 1.29 is 22.7 Å². The Kier molecular flexibility index (Phi) is 11.0. The number of nitrogens with zero attached hydrogens (tertiary/aromatic N) is 2. The molecular formula is C38H43N3O5S. The Morgan fingerprint density at radius 1 is 0.830 bits per heavy atom. The molecule has 1 N–H and O–H groups in total. The Balaban J connectivity index is 1.60. The summed E-state index contributed by atoms with van der Waals surface area (Å²) in [5.41, 5.74) is 3.81. The number of nitrogens with one attached hydrogen (secondary N) is 1. The summed E-state index contributed by atoms with van der Waals surface area (Å²) >= 11 is 0. The van der Waals surface area contributed by atoms with E-state index in [1.807, 2.05) is 74.5 Å². The molecule has 0 aromatic heterocycles. The van der Waals surface area contributed by atoms with Crippen LogP contribution in [0, 0.1) is 13.8 Å². The maximum atomic E-state index is 14.8. The van der Waals surface area contributed by atoms with Gasteiger partial charge in [-0.25, -0.2) is 8.42 Å². The summed E-state index contributed by atoms with van der Waals surface area (Å²) in [6.07, 6.45) is 4.16. The van der Waals surface area contributed by atoms with E-state index in [1.54, 1.807) is 35.2 Å². The van der Waals surface area contributed by atoms with Gasteiger partial charge in [-0.2, -0.15) is 0 Å². The number of hydrogen-bond donors (Lipinski definition) is 1. The highest BCUT2D eigenvalue weighted by Gasteiger charge is 2.36. The second-order valence-corrected chi connectivity index (χ2v) is 14.1. The number of carbonyl (C=O) groups is 2. The highest BCUT2D eigenvalue weighted by atomic mass is 32.2. The van der Waals surface area contributed by atoms with Crippen molar-refractivity contribution in [3.63, 3.8) is 0 Å². The molecule has 4 aromatic rings. The third-order valence-electron chi connectivity index (χ3n) is 8.62. The van der Waals surface area contributed by atoms with Crippen molar-refractivity contribution >= 4 is 27.5 Å². The first-order valence-corrected chi connectivity index (χ1v) is 17.5. The van der Waals surface area contributed by atoms with Crippen molar-refractivity contribution in [2.45, 2.75) is 69.5 Å². The van der Waals surface area contributed by atoms with Crippen LogP contribution in [0.1, 0.15) is 47.9 Å². The fourth-order valence-electron chi connectivity index (χ4n) is 6.16. The summed E-state index contributed by atoms with van der Waals surface area (Å²) < 4.78 is 35.3. The molecule has 1 atom stereocenters. The number of ether oxygens (including phenoxy) is 1. The minimum Gasteiger partial charge on any atom is -0.495 e. The van der Waals surface area contributed by atoms with E-state index in [2.05, 4.69) is 5.32 Å². The summed E-state index contributed by atoms with van der Waals surface area (Å²) in [4.78, 5) is 30.5. The molecule has 0 spiro atoms. The van der Waals surface area contributed by atoms with Gasteiger partial charge in [0.1, 0.15) is 18.3 Å². The maximum Gasteiger partial charge on any atom is 0.264 e.